The molecule has 272 valence electrons. The van der Waals surface area contributed by atoms with Crippen LogP contribution in [0.25, 0.3) is 114 Å². The minimum absolute atomic E-state index is 0.474. The third-order valence-corrected chi connectivity index (χ3v) is 13.5. The van der Waals surface area contributed by atoms with Crippen LogP contribution in [0.3, 0.4) is 0 Å². The van der Waals surface area contributed by atoms with Crippen molar-refractivity contribution in [2.24, 2.45) is 5.92 Å². The number of rotatable bonds is 4. The van der Waals surface area contributed by atoms with Gasteiger partial charge in [-0.15, -0.1) is 11.3 Å². The van der Waals surface area contributed by atoms with Crippen molar-refractivity contribution in [3.63, 3.8) is 0 Å². The number of nitrogens with zero attached hydrogens (tertiary/aromatic N) is 2. The molecule has 0 aliphatic heterocycles. The molecule has 0 N–H and O–H groups in total. The number of fused-ring (bicyclic) bond motifs is 11. The van der Waals surface area contributed by atoms with Crippen LogP contribution in [0.4, 0.5) is 0 Å². The first-order valence-electron chi connectivity index (χ1n) is 20.1. The molecule has 2 nitrogen and oxygen atoms in total. The standard InChI is InChI=1S/C55H36N2S/c1-33-26-27-45-42-16-4-5-18-47(42)54-53(50(45)30-33)56-32-51(57-54)35-13-8-12-34(31-35)36-19-9-21-40-37(36)20-10-22-41(40)43-28-29-44(39-15-3-2-14-38(39)43)48-23-11-24-49-46-17-6-7-25-52(46)58-55(48)49/h2-29,31-33H,30H2,1H3. The molecule has 0 bridgehead atoms. The smallest absolute Gasteiger partial charge is 0.0975 e. The molecule has 3 heteroatoms. The van der Waals surface area contributed by atoms with Gasteiger partial charge in [0.2, 0.25) is 0 Å². The summed E-state index contributed by atoms with van der Waals surface area (Å²) < 4.78 is 2.67. The molecule has 1 aliphatic carbocycles. The summed E-state index contributed by atoms with van der Waals surface area (Å²) in [4.78, 5) is 10.5. The number of hydrogen-bond donors (Lipinski definition) is 0. The molecule has 9 aromatic carbocycles. The second kappa shape index (κ2) is 13.1. The molecule has 0 saturated heterocycles. The Morgan fingerprint density at radius 2 is 1.05 bits per heavy atom. The fourth-order valence-electron chi connectivity index (χ4n) is 9.57. The minimum atomic E-state index is 0.474. The summed E-state index contributed by atoms with van der Waals surface area (Å²) in [5.41, 5.74) is 13.9. The van der Waals surface area contributed by atoms with E-state index in [1.165, 1.54) is 86.0 Å². The lowest BCUT2D eigenvalue weighted by Crippen LogP contribution is -2.06. The minimum Gasteiger partial charge on any atom is -0.252 e. The zero-order valence-corrected chi connectivity index (χ0v) is 32.7. The summed E-state index contributed by atoms with van der Waals surface area (Å²) in [5.74, 6) is 0.474. The highest BCUT2D eigenvalue weighted by molar-refractivity contribution is 7.26. The van der Waals surface area contributed by atoms with Crippen LogP contribution in [-0.2, 0) is 6.42 Å². The van der Waals surface area contributed by atoms with E-state index in [-0.39, 0.29) is 0 Å². The summed E-state index contributed by atoms with van der Waals surface area (Å²) in [7, 11) is 0. The number of allylic oxidation sites excluding steroid dienone is 1. The lowest BCUT2D eigenvalue weighted by molar-refractivity contribution is 0.721. The Labute approximate surface area is 340 Å². The van der Waals surface area contributed by atoms with Gasteiger partial charge < -0.3 is 0 Å². The third kappa shape index (κ3) is 5.10. The Hall–Kier alpha value is -6.94. The average Bonchev–Trinajstić information content (AvgIpc) is 3.67. The van der Waals surface area contributed by atoms with Gasteiger partial charge in [-0.3, -0.25) is 4.98 Å². The second-order valence-corrected chi connectivity index (χ2v) is 16.8. The van der Waals surface area contributed by atoms with E-state index >= 15 is 0 Å². The maximum absolute atomic E-state index is 5.36. The van der Waals surface area contributed by atoms with Crippen LogP contribution in [0.1, 0.15) is 18.1 Å². The van der Waals surface area contributed by atoms with E-state index in [1.807, 2.05) is 17.5 Å². The van der Waals surface area contributed by atoms with Crippen LogP contribution in [0, 0.1) is 5.92 Å². The van der Waals surface area contributed by atoms with Gasteiger partial charge in [-0.2, -0.15) is 0 Å². The normalized spacial score (nSPS) is 14.0. The maximum Gasteiger partial charge on any atom is 0.0975 e. The fraction of sp³-hybridized carbons (Fsp3) is 0.0545. The van der Waals surface area contributed by atoms with Gasteiger partial charge in [0.05, 0.1) is 22.9 Å². The first-order chi connectivity index (χ1) is 28.7. The van der Waals surface area contributed by atoms with Crippen molar-refractivity contribution in [2.45, 2.75) is 13.3 Å². The molecule has 0 saturated carbocycles. The molecule has 0 spiro atoms. The van der Waals surface area contributed by atoms with Crippen molar-refractivity contribution >= 4 is 80.9 Å². The van der Waals surface area contributed by atoms with Crippen molar-refractivity contribution in [2.75, 3.05) is 0 Å². The van der Waals surface area contributed by atoms with E-state index in [0.29, 0.717) is 5.92 Å². The van der Waals surface area contributed by atoms with E-state index in [2.05, 4.69) is 183 Å². The Morgan fingerprint density at radius 3 is 1.84 bits per heavy atom. The lowest BCUT2D eigenvalue weighted by atomic mass is 9.86. The molecule has 12 rings (SSSR count). The third-order valence-electron chi connectivity index (χ3n) is 12.3. The molecule has 11 aromatic rings. The molecular weight excluding hydrogens is 721 g/mol. The van der Waals surface area contributed by atoms with Gasteiger partial charge >= 0.3 is 0 Å². The molecule has 58 heavy (non-hydrogen) atoms. The average molecular weight is 757 g/mol. The van der Waals surface area contributed by atoms with E-state index in [9.17, 15) is 0 Å². The highest BCUT2D eigenvalue weighted by Gasteiger charge is 2.21. The largest absolute Gasteiger partial charge is 0.252 e. The summed E-state index contributed by atoms with van der Waals surface area (Å²) in [6, 6.07) is 60.0. The van der Waals surface area contributed by atoms with Crippen LogP contribution < -0.4 is 0 Å². The molecule has 0 radical (unpaired) electrons. The van der Waals surface area contributed by atoms with Gasteiger partial charge in [-0.25, -0.2) is 4.98 Å². The van der Waals surface area contributed by atoms with Crippen molar-refractivity contribution < 1.29 is 0 Å². The topological polar surface area (TPSA) is 25.8 Å². The Kier molecular flexibility index (Phi) is 7.48. The second-order valence-electron chi connectivity index (χ2n) is 15.7. The van der Waals surface area contributed by atoms with Crippen LogP contribution in [0.15, 0.2) is 176 Å². The number of aromatic nitrogens is 2. The van der Waals surface area contributed by atoms with Crippen LogP contribution >= 0.6 is 11.3 Å². The van der Waals surface area contributed by atoms with E-state index in [4.69, 9.17) is 9.97 Å². The lowest BCUT2D eigenvalue weighted by Gasteiger charge is -2.20. The Balaban J connectivity index is 0.979. The van der Waals surface area contributed by atoms with Crippen molar-refractivity contribution in [1.82, 2.24) is 9.97 Å². The van der Waals surface area contributed by atoms with E-state index < -0.39 is 0 Å². The fourth-order valence-corrected chi connectivity index (χ4v) is 10.8. The van der Waals surface area contributed by atoms with Gasteiger partial charge in [-0.1, -0.05) is 171 Å². The molecule has 2 aromatic heterocycles. The molecule has 1 aliphatic rings. The van der Waals surface area contributed by atoms with E-state index in [1.54, 1.807) is 0 Å². The van der Waals surface area contributed by atoms with Gasteiger partial charge in [0.25, 0.3) is 0 Å². The first-order valence-corrected chi connectivity index (χ1v) is 20.9. The van der Waals surface area contributed by atoms with Gasteiger partial charge in [0, 0.05) is 36.7 Å². The van der Waals surface area contributed by atoms with Gasteiger partial charge in [0.1, 0.15) is 0 Å². The van der Waals surface area contributed by atoms with Crippen LogP contribution in [0.2, 0.25) is 0 Å². The molecule has 1 atom stereocenters. The molecule has 1 unspecified atom stereocenters. The molecule has 0 amide bonds. The zero-order valence-electron chi connectivity index (χ0n) is 31.9. The maximum atomic E-state index is 5.36. The zero-order chi connectivity index (χ0) is 38.3. The molecular formula is C55H36N2S. The number of thiophene rings is 1. The van der Waals surface area contributed by atoms with Crippen molar-refractivity contribution in [3.8, 4) is 44.6 Å². The summed E-state index contributed by atoms with van der Waals surface area (Å²) >= 11 is 1.89. The van der Waals surface area contributed by atoms with Gasteiger partial charge in [-0.05, 0) is 90.3 Å². The predicted molar refractivity (Wildman–Crippen MR) is 249 cm³/mol. The van der Waals surface area contributed by atoms with Crippen LogP contribution in [0.5, 0.6) is 0 Å². The summed E-state index contributed by atoms with van der Waals surface area (Å²) in [5, 5.41) is 10.0. The van der Waals surface area contributed by atoms with E-state index in [0.717, 1.165) is 39.7 Å². The van der Waals surface area contributed by atoms with Crippen LogP contribution in [-0.4, -0.2) is 9.97 Å². The van der Waals surface area contributed by atoms with Crippen molar-refractivity contribution in [3.05, 3.63) is 187 Å². The molecule has 0 fully saturated rings. The predicted octanol–water partition coefficient (Wildman–Crippen LogP) is 15.3. The quantitative estimate of drug-likeness (QED) is 0.167. The number of benzene rings is 9. The Morgan fingerprint density at radius 1 is 0.483 bits per heavy atom. The molecule has 2 heterocycles. The van der Waals surface area contributed by atoms with Crippen molar-refractivity contribution in [1.29, 1.82) is 0 Å². The van der Waals surface area contributed by atoms with Gasteiger partial charge in [0.15, 0.2) is 0 Å². The Bertz CT molecular complexity index is 3520. The summed E-state index contributed by atoms with van der Waals surface area (Å²) in [6.45, 7) is 2.27. The highest BCUT2D eigenvalue weighted by Crippen LogP contribution is 2.45. The SMILES string of the molecule is CC1C=Cc2c(c3ncc(-c4cccc(-c5cccc6c(-c7ccc(-c8cccc9c8sc8ccccc89)c8ccccc78)cccc56)c4)nc3c3ccccc23)C1. The summed E-state index contributed by atoms with van der Waals surface area (Å²) in [6.07, 6.45) is 7.54. The first kappa shape index (κ1) is 33.2. The monoisotopic (exact) mass is 756 g/mol. The highest BCUT2D eigenvalue weighted by atomic mass is 32.1. The number of hydrogen-bond acceptors (Lipinski definition) is 3.